The van der Waals surface area contributed by atoms with Crippen molar-refractivity contribution >= 4 is 39.9 Å². The van der Waals surface area contributed by atoms with Crippen LogP contribution in [-0.4, -0.2) is 68.6 Å². The Labute approximate surface area is 250 Å². The van der Waals surface area contributed by atoms with E-state index in [-0.39, 0.29) is 17.9 Å². The first-order valence-electron chi connectivity index (χ1n) is 15.1. The molecule has 10 heteroatoms. The van der Waals surface area contributed by atoms with E-state index in [1.807, 2.05) is 28.8 Å². The third kappa shape index (κ3) is 5.10. The van der Waals surface area contributed by atoms with Gasteiger partial charge in [-0.3, -0.25) is 9.59 Å². The molecule has 1 aliphatic heterocycles. The topological polar surface area (TPSA) is 83.4 Å². The number of piperidine rings is 1. The molecule has 1 N–H and O–H groups in total. The summed E-state index contributed by atoms with van der Waals surface area (Å²) in [5.74, 6) is 0.377. The van der Waals surface area contributed by atoms with E-state index in [4.69, 9.17) is 21.7 Å². The van der Waals surface area contributed by atoms with Crippen molar-refractivity contribution in [2.24, 2.45) is 0 Å². The second-order valence-corrected chi connectivity index (χ2v) is 13.6. The number of rotatable bonds is 6. The van der Waals surface area contributed by atoms with Crippen LogP contribution in [-0.2, 0) is 17.6 Å². The second kappa shape index (κ2) is 10.8. The molecular weight excluding hydrogens is 556 g/mol. The lowest BCUT2D eigenvalue weighted by Gasteiger charge is -2.39. The van der Waals surface area contributed by atoms with Gasteiger partial charge in [-0.05, 0) is 69.6 Å². The summed E-state index contributed by atoms with van der Waals surface area (Å²) in [6.45, 7) is 3.65. The average molecular weight is 593 g/mol. The van der Waals surface area contributed by atoms with Crippen LogP contribution >= 0.6 is 22.9 Å². The molecule has 4 aliphatic rings. The van der Waals surface area contributed by atoms with Gasteiger partial charge in [0.25, 0.3) is 5.91 Å². The molecule has 216 valence electrons. The summed E-state index contributed by atoms with van der Waals surface area (Å²) >= 11 is 8.42. The van der Waals surface area contributed by atoms with Gasteiger partial charge < -0.3 is 15.1 Å². The first-order chi connectivity index (χ1) is 19.9. The van der Waals surface area contributed by atoms with Crippen molar-refractivity contribution in [2.75, 3.05) is 25.5 Å². The lowest BCUT2D eigenvalue weighted by atomic mass is 9.96. The van der Waals surface area contributed by atoms with Crippen LogP contribution < -0.4 is 5.32 Å². The molecule has 3 heterocycles. The number of hydrogen-bond donors (Lipinski definition) is 1. The summed E-state index contributed by atoms with van der Waals surface area (Å²) in [5.41, 5.74) is 5.79. The van der Waals surface area contributed by atoms with Gasteiger partial charge >= 0.3 is 0 Å². The first-order valence-corrected chi connectivity index (χ1v) is 16.3. The molecule has 0 unspecified atom stereocenters. The molecular formula is C31H37ClN6O2S. The van der Waals surface area contributed by atoms with Crippen molar-refractivity contribution < 1.29 is 9.59 Å². The van der Waals surface area contributed by atoms with E-state index in [1.165, 1.54) is 49.5 Å². The maximum absolute atomic E-state index is 13.6. The van der Waals surface area contributed by atoms with Gasteiger partial charge in [0.05, 0.1) is 32.7 Å². The lowest BCUT2D eigenvalue weighted by Crippen LogP contribution is -2.48. The van der Waals surface area contributed by atoms with Gasteiger partial charge in [-0.25, -0.2) is 9.67 Å². The van der Waals surface area contributed by atoms with Crippen LogP contribution in [0, 0.1) is 0 Å². The van der Waals surface area contributed by atoms with E-state index in [9.17, 15) is 9.59 Å². The SMILES string of the molecule is CC(=O)Nc1nc2c(s1)-c1c(c(C3CC3)nn1-c1ccc(C(=O)N(C)C3CCN(C4CCCC4)CC3)cc1Cl)CC2. The zero-order chi connectivity index (χ0) is 28.2. The quantitative estimate of drug-likeness (QED) is 0.376. The molecule has 41 heavy (non-hydrogen) atoms. The molecule has 0 bridgehead atoms. The summed E-state index contributed by atoms with van der Waals surface area (Å²) in [4.78, 5) is 35.6. The van der Waals surface area contributed by atoms with Crippen LogP contribution in [0.1, 0.15) is 91.5 Å². The Kier molecular flexibility index (Phi) is 7.16. The summed E-state index contributed by atoms with van der Waals surface area (Å²) in [7, 11) is 1.93. The fraction of sp³-hybridized carbons (Fsp3) is 0.548. The van der Waals surface area contributed by atoms with Crippen LogP contribution in [0.15, 0.2) is 18.2 Å². The first kappa shape index (κ1) is 27.1. The number of anilines is 1. The molecule has 7 rings (SSSR count). The van der Waals surface area contributed by atoms with E-state index in [1.54, 1.807) is 6.07 Å². The number of aryl methyl sites for hydroxylation is 1. The zero-order valence-corrected chi connectivity index (χ0v) is 25.4. The molecule has 2 amide bonds. The highest BCUT2D eigenvalue weighted by molar-refractivity contribution is 7.19. The van der Waals surface area contributed by atoms with E-state index in [0.29, 0.717) is 21.6 Å². The zero-order valence-electron chi connectivity index (χ0n) is 23.8. The van der Waals surface area contributed by atoms with E-state index < -0.39 is 0 Å². The van der Waals surface area contributed by atoms with Crippen molar-refractivity contribution in [2.45, 2.75) is 89.1 Å². The lowest BCUT2D eigenvalue weighted by molar-refractivity contribution is -0.114. The number of benzene rings is 1. The van der Waals surface area contributed by atoms with Crippen molar-refractivity contribution in [3.63, 3.8) is 0 Å². The van der Waals surface area contributed by atoms with Crippen molar-refractivity contribution in [3.8, 4) is 16.3 Å². The minimum absolute atomic E-state index is 0.0172. The molecule has 8 nitrogen and oxygen atoms in total. The highest BCUT2D eigenvalue weighted by Gasteiger charge is 2.36. The number of fused-ring (bicyclic) bond motifs is 3. The number of thiazole rings is 1. The smallest absolute Gasteiger partial charge is 0.253 e. The highest BCUT2D eigenvalue weighted by Crippen LogP contribution is 2.48. The number of halogens is 1. The second-order valence-electron chi connectivity index (χ2n) is 12.2. The van der Waals surface area contributed by atoms with Gasteiger partial charge in [0, 0.05) is 56.2 Å². The number of carbonyl (C=O) groups is 2. The van der Waals surface area contributed by atoms with Gasteiger partial charge in [-0.1, -0.05) is 35.8 Å². The number of likely N-dealkylation sites (tertiary alicyclic amines) is 1. The fourth-order valence-corrected chi connectivity index (χ4v) is 8.42. The summed E-state index contributed by atoms with van der Waals surface area (Å²) < 4.78 is 1.95. The van der Waals surface area contributed by atoms with Gasteiger partial charge in [0.2, 0.25) is 5.91 Å². The molecule has 0 spiro atoms. The molecule has 0 atom stereocenters. The van der Waals surface area contributed by atoms with Crippen molar-refractivity contribution in [1.29, 1.82) is 0 Å². The molecule has 3 fully saturated rings. The normalized spacial score (nSPS) is 19.7. The van der Waals surface area contributed by atoms with E-state index in [2.05, 4.69) is 10.2 Å². The van der Waals surface area contributed by atoms with Gasteiger partial charge in [0.15, 0.2) is 5.13 Å². The third-order valence-corrected chi connectivity index (χ3v) is 10.7. The number of hydrogen-bond acceptors (Lipinski definition) is 6. The Morgan fingerprint density at radius 1 is 1.07 bits per heavy atom. The van der Waals surface area contributed by atoms with Crippen LogP contribution in [0.5, 0.6) is 0 Å². The minimum atomic E-state index is -0.129. The van der Waals surface area contributed by atoms with Crippen LogP contribution in [0.4, 0.5) is 5.13 Å². The molecule has 3 aromatic rings. The Morgan fingerprint density at radius 3 is 2.51 bits per heavy atom. The number of nitrogens with zero attached hydrogens (tertiary/aromatic N) is 5. The van der Waals surface area contributed by atoms with Gasteiger partial charge in [0.1, 0.15) is 0 Å². The highest BCUT2D eigenvalue weighted by atomic mass is 35.5. The number of amides is 2. The minimum Gasteiger partial charge on any atom is -0.339 e. The van der Waals surface area contributed by atoms with Gasteiger partial charge in [-0.2, -0.15) is 5.10 Å². The molecule has 1 aromatic carbocycles. The van der Waals surface area contributed by atoms with E-state index in [0.717, 1.165) is 85.3 Å². The predicted molar refractivity (Wildman–Crippen MR) is 162 cm³/mol. The van der Waals surface area contributed by atoms with E-state index >= 15 is 0 Å². The molecule has 2 saturated carbocycles. The maximum atomic E-state index is 13.6. The molecule has 0 radical (unpaired) electrons. The summed E-state index contributed by atoms with van der Waals surface area (Å²) in [5, 5.41) is 9.07. The van der Waals surface area contributed by atoms with Crippen LogP contribution in [0.25, 0.3) is 16.3 Å². The molecule has 3 aliphatic carbocycles. The standard InChI is InChI=1S/C31H37ClN6O2S/c1-18(39)33-31-34-25-11-10-23-27(19-7-8-19)35-38(28(23)29(25)41-31)26-12-9-20(17-24(26)32)30(40)36(2)21-13-15-37(16-14-21)22-5-3-4-6-22/h9,12,17,19,21-22H,3-8,10-11,13-16H2,1-2H3,(H,33,34,39). The molecule has 2 aromatic heterocycles. The van der Waals surface area contributed by atoms with Crippen LogP contribution in [0.3, 0.4) is 0 Å². The van der Waals surface area contributed by atoms with Crippen LogP contribution in [0.2, 0.25) is 5.02 Å². The average Bonchev–Trinajstić information content (AvgIpc) is 3.33. The Morgan fingerprint density at radius 2 is 1.83 bits per heavy atom. The third-order valence-electron chi connectivity index (χ3n) is 9.42. The Hall–Kier alpha value is -2.75. The summed E-state index contributed by atoms with van der Waals surface area (Å²) in [6.07, 6.45) is 11.4. The largest absolute Gasteiger partial charge is 0.339 e. The predicted octanol–water partition coefficient (Wildman–Crippen LogP) is 6.06. The monoisotopic (exact) mass is 592 g/mol. The Bertz CT molecular complexity index is 1500. The van der Waals surface area contributed by atoms with Crippen molar-refractivity contribution in [1.82, 2.24) is 24.6 Å². The number of carbonyl (C=O) groups excluding carboxylic acids is 2. The number of nitrogens with one attached hydrogen (secondary N) is 1. The summed E-state index contributed by atoms with van der Waals surface area (Å²) in [6, 6.07) is 6.61. The maximum Gasteiger partial charge on any atom is 0.253 e. The molecule has 1 saturated heterocycles. The number of aromatic nitrogens is 3. The van der Waals surface area contributed by atoms with Crippen molar-refractivity contribution in [3.05, 3.63) is 45.7 Å². The Balaban J connectivity index is 1.14. The van der Waals surface area contributed by atoms with Gasteiger partial charge in [-0.15, -0.1) is 0 Å². The fourth-order valence-electron chi connectivity index (χ4n) is 7.05.